The summed E-state index contributed by atoms with van der Waals surface area (Å²) >= 11 is 1.25. The van der Waals surface area contributed by atoms with E-state index in [1.807, 2.05) is 12.4 Å². The Morgan fingerprint density at radius 3 is 2.45 bits per heavy atom. The van der Waals surface area contributed by atoms with Crippen molar-refractivity contribution in [2.75, 3.05) is 34.4 Å². The van der Waals surface area contributed by atoms with Crippen LogP contribution >= 0.6 is 11.3 Å². The Balaban J connectivity index is 2.18. The molecule has 1 aliphatic heterocycles. The Morgan fingerprint density at radius 2 is 1.95 bits per heavy atom. The Morgan fingerprint density at radius 1 is 1.35 bits per heavy atom. The highest BCUT2D eigenvalue weighted by Gasteiger charge is 2.40. The SMILES string of the molecule is CNCc1csc(S(=O)(=O)N2CC(OC)C(OC)C2)c1. The number of thiophene rings is 1. The van der Waals surface area contributed by atoms with E-state index >= 15 is 0 Å². The summed E-state index contributed by atoms with van der Waals surface area (Å²) in [5.74, 6) is 0. The van der Waals surface area contributed by atoms with Crippen LogP contribution in [0.1, 0.15) is 5.56 Å². The summed E-state index contributed by atoms with van der Waals surface area (Å²) in [5.41, 5.74) is 0.974. The van der Waals surface area contributed by atoms with E-state index in [9.17, 15) is 8.42 Å². The molecule has 114 valence electrons. The molecule has 1 aromatic heterocycles. The average Bonchev–Trinajstić information content (AvgIpc) is 3.05. The van der Waals surface area contributed by atoms with Crippen molar-refractivity contribution in [3.63, 3.8) is 0 Å². The van der Waals surface area contributed by atoms with E-state index in [1.54, 1.807) is 20.3 Å². The minimum Gasteiger partial charge on any atom is -0.377 e. The van der Waals surface area contributed by atoms with Crippen molar-refractivity contribution in [1.29, 1.82) is 0 Å². The molecule has 6 nitrogen and oxygen atoms in total. The van der Waals surface area contributed by atoms with Crippen LogP contribution in [0.25, 0.3) is 0 Å². The van der Waals surface area contributed by atoms with Crippen molar-refractivity contribution in [3.05, 3.63) is 17.0 Å². The fourth-order valence-corrected chi connectivity index (χ4v) is 5.10. The fourth-order valence-electron chi connectivity index (χ4n) is 2.27. The molecule has 0 amide bonds. The molecule has 0 bridgehead atoms. The van der Waals surface area contributed by atoms with Crippen LogP contribution in [-0.2, 0) is 26.0 Å². The third-order valence-electron chi connectivity index (χ3n) is 3.39. The van der Waals surface area contributed by atoms with Gasteiger partial charge in [-0.05, 0) is 24.1 Å². The highest BCUT2D eigenvalue weighted by Crippen LogP contribution is 2.28. The van der Waals surface area contributed by atoms with E-state index in [1.165, 1.54) is 15.6 Å². The van der Waals surface area contributed by atoms with Crippen molar-refractivity contribution >= 4 is 21.4 Å². The molecule has 1 N–H and O–H groups in total. The van der Waals surface area contributed by atoms with Crippen LogP contribution in [0.5, 0.6) is 0 Å². The molecule has 0 aromatic carbocycles. The second-order valence-electron chi connectivity index (χ2n) is 4.67. The maximum Gasteiger partial charge on any atom is 0.252 e. The molecule has 8 heteroatoms. The minimum atomic E-state index is -3.46. The van der Waals surface area contributed by atoms with E-state index in [4.69, 9.17) is 9.47 Å². The molecule has 1 aliphatic rings. The van der Waals surface area contributed by atoms with Gasteiger partial charge in [-0.3, -0.25) is 0 Å². The highest BCUT2D eigenvalue weighted by molar-refractivity contribution is 7.91. The first-order valence-electron chi connectivity index (χ1n) is 6.30. The van der Waals surface area contributed by atoms with Crippen LogP contribution in [0, 0.1) is 0 Å². The molecule has 2 unspecified atom stereocenters. The molecule has 0 aliphatic carbocycles. The van der Waals surface area contributed by atoms with Gasteiger partial charge in [-0.1, -0.05) is 0 Å². The monoisotopic (exact) mass is 320 g/mol. The van der Waals surface area contributed by atoms with Gasteiger partial charge < -0.3 is 14.8 Å². The number of ether oxygens (including phenoxy) is 2. The minimum absolute atomic E-state index is 0.216. The average molecular weight is 320 g/mol. The summed E-state index contributed by atoms with van der Waals surface area (Å²) in [5, 5.41) is 4.87. The molecule has 0 saturated carbocycles. The van der Waals surface area contributed by atoms with E-state index < -0.39 is 10.0 Å². The molecule has 1 fully saturated rings. The smallest absolute Gasteiger partial charge is 0.252 e. The van der Waals surface area contributed by atoms with Crippen molar-refractivity contribution in [1.82, 2.24) is 9.62 Å². The summed E-state index contributed by atoms with van der Waals surface area (Å²) in [6.07, 6.45) is -0.432. The maximum atomic E-state index is 12.6. The maximum absolute atomic E-state index is 12.6. The number of rotatable bonds is 6. The van der Waals surface area contributed by atoms with Gasteiger partial charge in [-0.2, -0.15) is 4.31 Å². The van der Waals surface area contributed by atoms with Crippen molar-refractivity contribution in [2.24, 2.45) is 0 Å². The first kappa shape index (κ1) is 15.9. The van der Waals surface area contributed by atoms with Crippen LogP contribution in [0.4, 0.5) is 0 Å². The van der Waals surface area contributed by atoms with Crippen molar-refractivity contribution in [2.45, 2.75) is 23.0 Å². The molecule has 20 heavy (non-hydrogen) atoms. The third kappa shape index (κ3) is 3.05. The van der Waals surface area contributed by atoms with Gasteiger partial charge in [0.15, 0.2) is 0 Å². The lowest BCUT2D eigenvalue weighted by Gasteiger charge is -2.14. The number of nitrogens with zero attached hydrogens (tertiary/aromatic N) is 1. The first-order chi connectivity index (χ1) is 9.52. The van der Waals surface area contributed by atoms with E-state index in [2.05, 4.69) is 5.32 Å². The zero-order valence-corrected chi connectivity index (χ0v) is 13.5. The standard InChI is InChI=1S/C12H20N2O4S2/c1-13-5-9-4-12(19-8-9)20(15,16)14-6-10(17-2)11(7-14)18-3/h4,8,10-11,13H,5-7H2,1-3H3. The van der Waals surface area contributed by atoms with Crippen LogP contribution in [0.3, 0.4) is 0 Å². The number of methoxy groups -OCH3 is 2. The van der Waals surface area contributed by atoms with Crippen LogP contribution in [-0.4, -0.2) is 59.3 Å². The molecule has 0 radical (unpaired) electrons. The first-order valence-corrected chi connectivity index (χ1v) is 8.62. The summed E-state index contributed by atoms with van der Waals surface area (Å²) in [6, 6.07) is 1.72. The second-order valence-corrected chi connectivity index (χ2v) is 7.75. The Kier molecular flexibility index (Phi) is 5.16. The third-order valence-corrected chi connectivity index (χ3v) is 6.69. The predicted octanol–water partition coefficient (Wildman–Crippen LogP) is 0.502. The molecule has 1 saturated heterocycles. The zero-order chi connectivity index (χ0) is 14.8. The molecular formula is C12H20N2O4S2. The van der Waals surface area contributed by atoms with Gasteiger partial charge in [0.1, 0.15) is 4.21 Å². The van der Waals surface area contributed by atoms with Gasteiger partial charge in [-0.15, -0.1) is 11.3 Å². The van der Waals surface area contributed by atoms with Crippen LogP contribution in [0.2, 0.25) is 0 Å². The van der Waals surface area contributed by atoms with Gasteiger partial charge in [0, 0.05) is 33.9 Å². The van der Waals surface area contributed by atoms with Gasteiger partial charge in [0.2, 0.25) is 0 Å². The highest BCUT2D eigenvalue weighted by atomic mass is 32.2. The quantitative estimate of drug-likeness (QED) is 0.827. The Labute approximate surface area is 123 Å². The number of sulfonamides is 1. The molecule has 0 spiro atoms. The van der Waals surface area contributed by atoms with Gasteiger partial charge in [0.05, 0.1) is 12.2 Å². The van der Waals surface area contributed by atoms with Crippen LogP contribution < -0.4 is 5.32 Å². The second kappa shape index (κ2) is 6.50. The number of hydrogen-bond acceptors (Lipinski definition) is 6. The fraction of sp³-hybridized carbons (Fsp3) is 0.667. The van der Waals surface area contributed by atoms with Gasteiger partial charge in [-0.25, -0.2) is 8.42 Å². The topological polar surface area (TPSA) is 67.9 Å². The lowest BCUT2D eigenvalue weighted by atomic mass is 10.3. The largest absolute Gasteiger partial charge is 0.377 e. The lowest BCUT2D eigenvalue weighted by Crippen LogP contribution is -2.29. The van der Waals surface area contributed by atoms with E-state index in [0.717, 1.165) is 5.56 Å². The van der Waals surface area contributed by atoms with E-state index in [-0.39, 0.29) is 12.2 Å². The normalized spacial score (nSPS) is 24.4. The van der Waals surface area contributed by atoms with Crippen LogP contribution in [0.15, 0.2) is 15.7 Å². The van der Waals surface area contributed by atoms with Gasteiger partial charge >= 0.3 is 0 Å². The lowest BCUT2D eigenvalue weighted by molar-refractivity contribution is -0.00461. The Hall–Kier alpha value is -0.510. The molecule has 2 rings (SSSR count). The molecule has 2 heterocycles. The predicted molar refractivity (Wildman–Crippen MR) is 77.4 cm³/mol. The molecule has 2 atom stereocenters. The zero-order valence-electron chi connectivity index (χ0n) is 11.8. The molecular weight excluding hydrogens is 300 g/mol. The number of nitrogens with one attached hydrogen (secondary N) is 1. The van der Waals surface area contributed by atoms with E-state index in [0.29, 0.717) is 23.8 Å². The summed E-state index contributed by atoms with van der Waals surface area (Å²) in [7, 11) is 1.52. The van der Waals surface area contributed by atoms with Crippen molar-refractivity contribution in [3.8, 4) is 0 Å². The van der Waals surface area contributed by atoms with Gasteiger partial charge in [0.25, 0.3) is 10.0 Å². The Bertz CT molecular complexity index is 531. The summed E-state index contributed by atoms with van der Waals surface area (Å²) in [4.78, 5) is 0. The summed E-state index contributed by atoms with van der Waals surface area (Å²) in [6.45, 7) is 1.32. The number of hydrogen-bond donors (Lipinski definition) is 1. The molecule has 1 aromatic rings. The summed E-state index contributed by atoms with van der Waals surface area (Å²) < 4.78 is 37.5. The van der Waals surface area contributed by atoms with Crippen molar-refractivity contribution < 1.29 is 17.9 Å².